The molecule has 1 amide bonds. The van der Waals surface area contributed by atoms with Gasteiger partial charge >= 0.3 is 0 Å². The topological polar surface area (TPSA) is 41.1 Å². The number of carbonyl (C=O) groups excluding carboxylic acids is 1. The first-order chi connectivity index (χ1) is 8.46. The second kappa shape index (κ2) is 6.94. The second-order valence-electron chi connectivity index (χ2n) is 7.21. The van der Waals surface area contributed by atoms with Gasteiger partial charge in [0.25, 0.3) is 0 Å². The number of carbonyl (C=O) groups is 1. The lowest BCUT2D eigenvalue weighted by molar-refractivity contribution is -0.122. The number of amides is 1. The fourth-order valence-corrected chi connectivity index (χ4v) is 3.21. The van der Waals surface area contributed by atoms with Gasteiger partial charge in [0.15, 0.2) is 0 Å². The van der Waals surface area contributed by atoms with E-state index in [9.17, 15) is 4.79 Å². The minimum atomic E-state index is 0. The Kier molecular flexibility index (Phi) is 6.13. The van der Waals surface area contributed by atoms with Crippen molar-refractivity contribution in [2.75, 3.05) is 6.54 Å². The summed E-state index contributed by atoms with van der Waals surface area (Å²) in [5.41, 5.74) is 0.296. The van der Waals surface area contributed by atoms with Gasteiger partial charge in [-0.15, -0.1) is 12.4 Å². The number of hydrogen-bond acceptors (Lipinski definition) is 2. The molecule has 112 valence electrons. The molecule has 4 heteroatoms. The van der Waals surface area contributed by atoms with Crippen molar-refractivity contribution in [3.05, 3.63) is 0 Å². The van der Waals surface area contributed by atoms with Gasteiger partial charge in [0.1, 0.15) is 0 Å². The maximum atomic E-state index is 12.1. The zero-order valence-electron chi connectivity index (χ0n) is 12.5. The van der Waals surface area contributed by atoms with Gasteiger partial charge in [0.05, 0.1) is 6.04 Å². The summed E-state index contributed by atoms with van der Waals surface area (Å²) in [6, 6.07) is 0.676. The lowest BCUT2D eigenvalue weighted by Gasteiger charge is -2.24. The van der Waals surface area contributed by atoms with E-state index < -0.39 is 0 Å². The average molecular weight is 289 g/mol. The average Bonchev–Trinajstić information content (AvgIpc) is 2.70. The Labute approximate surface area is 123 Å². The molecule has 3 nitrogen and oxygen atoms in total. The van der Waals surface area contributed by atoms with Crippen LogP contribution >= 0.6 is 12.4 Å². The van der Waals surface area contributed by atoms with Crippen molar-refractivity contribution in [2.24, 2.45) is 11.3 Å². The van der Waals surface area contributed by atoms with E-state index in [1.807, 2.05) is 0 Å². The van der Waals surface area contributed by atoms with E-state index in [1.165, 1.54) is 25.7 Å². The molecule has 1 saturated carbocycles. The zero-order valence-corrected chi connectivity index (χ0v) is 13.3. The molecule has 0 aromatic carbocycles. The summed E-state index contributed by atoms with van der Waals surface area (Å²) in [4.78, 5) is 12.1. The van der Waals surface area contributed by atoms with Crippen LogP contribution < -0.4 is 10.6 Å². The molecule has 2 aliphatic rings. The van der Waals surface area contributed by atoms with Crippen molar-refractivity contribution >= 4 is 18.3 Å². The van der Waals surface area contributed by atoms with Crippen LogP contribution in [0.2, 0.25) is 0 Å². The maximum absolute atomic E-state index is 12.1. The van der Waals surface area contributed by atoms with Gasteiger partial charge in [-0.05, 0) is 37.0 Å². The summed E-state index contributed by atoms with van der Waals surface area (Å²) in [6.45, 7) is 7.43. The molecule has 0 aromatic rings. The molecular formula is C15H29ClN2O. The Morgan fingerprint density at radius 1 is 1.26 bits per heavy atom. The smallest absolute Gasteiger partial charge is 0.237 e. The molecule has 2 N–H and O–H groups in total. The van der Waals surface area contributed by atoms with Gasteiger partial charge < -0.3 is 10.6 Å². The highest BCUT2D eigenvalue weighted by atomic mass is 35.5. The van der Waals surface area contributed by atoms with E-state index in [-0.39, 0.29) is 24.4 Å². The monoisotopic (exact) mass is 288 g/mol. The van der Waals surface area contributed by atoms with E-state index in [0.717, 1.165) is 25.3 Å². The molecule has 1 saturated heterocycles. The minimum absolute atomic E-state index is 0. The third-order valence-electron chi connectivity index (χ3n) is 4.35. The van der Waals surface area contributed by atoms with Crippen molar-refractivity contribution in [3.8, 4) is 0 Å². The van der Waals surface area contributed by atoms with E-state index >= 15 is 0 Å². The highest BCUT2D eigenvalue weighted by Gasteiger charge is 2.37. The molecule has 0 spiro atoms. The fraction of sp³-hybridized carbons (Fsp3) is 0.933. The van der Waals surface area contributed by atoms with Gasteiger partial charge in [0.2, 0.25) is 5.91 Å². The molecular weight excluding hydrogens is 260 g/mol. The second-order valence-corrected chi connectivity index (χ2v) is 7.21. The lowest BCUT2D eigenvalue weighted by Crippen LogP contribution is -2.43. The highest BCUT2D eigenvalue weighted by Crippen LogP contribution is 2.33. The number of fused-ring (bicyclic) bond motifs is 1. The van der Waals surface area contributed by atoms with Crippen molar-refractivity contribution in [1.29, 1.82) is 0 Å². The summed E-state index contributed by atoms with van der Waals surface area (Å²) < 4.78 is 0. The Bertz CT molecular complexity index is 287. The molecule has 0 bridgehead atoms. The first kappa shape index (κ1) is 16.8. The number of rotatable bonds is 3. The first-order valence-electron chi connectivity index (χ1n) is 7.49. The van der Waals surface area contributed by atoms with Crippen LogP contribution in [0.15, 0.2) is 0 Å². The molecule has 19 heavy (non-hydrogen) atoms. The minimum Gasteiger partial charge on any atom is -0.355 e. The molecule has 1 aliphatic carbocycles. The summed E-state index contributed by atoms with van der Waals surface area (Å²) >= 11 is 0. The molecule has 2 fully saturated rings. The predicted octanol–water partition coefficient (Wildman–Crippen LogP) is 2.88. The standard InChI is InChI=1S/C15H28N2O.ClH/c1-15(2,3)8-9-16-14(18)13-10-11-6-4-5-7-12(11)17-13;/h11-13,17H,4-10H2,1-3H3,(H,16,18);1H. The van der Waals surface area contributed by atoms with Crippen molar-refractivity contribution in [2.45, 2.75) is 71.4 Å². The van der Waals surface area contributed by atoms with Gasteiger partial charge in [0, 0.05) is 12.6 Å². The van der Waals surface area contributed by atoms with Crippen LogP contribution in [-0.2, 0) is 4.79 Å². The van der Waals surface area contributed by atoms with Crippen molar-refractivity contribution in [3.63, 3.8) is 0 Å². The lowest BCUT2D eigenvalue weighted by atomic mass is 9.85. The van der Waals surface area contributed by atoms with E-state index in [4.69, 9.17) is 0 Å². The van der Waals surface area contributed by atoms with Gasteiger partial charge in [-0.25, -0.2) is 0 Å². The first-order valence-corrected chi connectivity index (χ1v) is 7.49. The fourth-order valence-electron chi connectivity index (χ4n) is 3.21. The molecule has 0 radical (unpaired) electrons. The molecule has 2 rings (SSSR count). The van der Waals surface area contributed by atoms with Crippen LogP contribution in [-0.4, -0.2) is 24.5 Å². The number of nitrogens with one attached hydrogen (secondary N) is 2. The van der Waals surface area contributed by atoms with Crippen LogP contribution in [0.25, 0.3) is 0 Å². The zero-order chi connectivity index (χ0) is 13.2. The summed E-state index contributed by atoms with van der Waals surface area (Å²) in [7, 11) is 0. The quantitative estimate of drug-likeness (QED) is 0.838. The Morgan fingerprint density at radius 2 is 1.95 bits per heavy atom. The Hall–Kier alpha value is -0.280. The van der Waals surface area contributed by atoms with Crippen LogP contribution in [0.3, 0.4) is 0 Å². The van der Waals surface area contributed by atoms with Gasteiger partial charge in [-0.3, -0.25) is 4.79 Å². The van der Waals surface area contributed by atoms with Crippen LogP contribution in [0.4, 0.5) is 0 Å². The van der Waals surface area contributed by atoms with Crippen LogP contribution in [0.1, 0.15) is 59.3 Å². The molecule has 1 aliphatic heterocycles. The van der Waals surface area contributed by atoms with E-state index in [0.29, 0.717) is 11.5 Å². The maximum Gasteiger partial charge on any atom is 0.237 e. The molecule has 3 atom stereocenters. The van der Waals surface area contributed by atoms with Gasteiger partial charge in [-0.2, -0.15) is 0 Å². The van der Waals surface area contributed by atoms with Crippen molar-refractivity contribution in [1.82, 2.24) is 10.6 Å². The molecule has 0 aromatic heterocycles. The molecule has 3 unspecified atom stereocenters. The summed E-state index contributed by atoms with van der Waals surface area (Å²) in [5, 5.41) is 6.62. The van der Waals surface area contributed by atoms with Gasteiger partial charge in [-0.1, -0.05) is 33.6 Å². The van der Waals surface area contributed by atoms with Crippen LogP contribution in [0.5, 0.6) is 0 Å². The highest BCUT2D eigenvalue weighted by molar-refractivity contribution is 5.85. The Balaban J connectivity index is 0.00000180. The van der Waals surface area contributed by atoms with E-state index in [1.54, 1.807) is 0 Å². The Morgan fingerprint density at radius 3 is 2.58 bits per heavy atom. The van der Waals surface area contributed by atoms with Crippen molar-refractivity contribution < 1.29 is 4.79 Å². The third kappa shape index (κ3) is 4.96. The normalized spacial score (nSPS) is 30.4. The number of hydrogen-bond donors (Lipinski definition) is 2. The summed E-state index contributed by atoms with van der Waals surface area (Å²) in [5.74, 6) is 0.964. The number of halogens is 1. The largest absolute Gasteiger partial charge is 0.355 e. The molecule has 1 heterocycles. The summed E-state index contributed by atoms with van der Waals surface area (Å²) in [6.07, 6.45) is 7.33. The van der Waals surface area contributed by atoms with Crippen LogP contribution in [0, 0.1) is 11.3 Å². The SMILES string of the molecule is CC(C)(C)CCNC(=O)C1CC2CCCCC2N1.Cl. The third-order valence-corrected chi connectivity index (χ3v) is 4.35. The van der Waals surface area contributed by atoms with E-state index in [2.05, 4.69) is 31.4 Å². The predicted molar refractivity (Wildman–Crippen MR) is 81.6 cm³/mol.